The van der Waals surface area contributed by atoms with Gasteiger partial charge in [0, 0.05) is 21.8 Å². The molecule has 1 fully saturated rings. The summed E-state index contributed by atoms with van der Waals surface area (Å²) in [6, 6.07) is 4.94. The minimum atomic E-state index is -2.75. The quantitative estimate of drug-likeness (QED) is 0.919. The Morgan fingerprint density at radius 2 is 2.00 bits per heavy atom. The van der Waals surface area contributed by atoms with Crippen molar-refractivity contribution in [3.8, 4) is 0 Å². The van der Waals surface area contributed by atoms with Crippen molar-refractivity contribution in [2.24, 2.45) is 0 Å². The highest BCUT2D eigenvalue weighted by Crippen LogP contribution is 2.24. The maximum atomic E-state index is 11.3. The fraction of sp³-hybridized carbons (Fsp3) is 0.667. The van der Waals surface area contributed by atoms with E-state index < -0.39 is 9.84 Å². The van der Waals surface area contributed by atoms with Gasteiger partial charge < -0.3 is 5.32 Å². The summed E-state index contributed by atoms with van der Waals surface area (Å²) >= 11 is 1.80. The van der Waals surface area contributed by atoms with E-state index in [4.69, 9.17) is 0 Å². The Morgan fingerprint density at radius 3 is 2.53 bits per heavy atom. The van der Waals surface area contributed by atoms with Crippen LogP contribution in [0.5, 0.6) is 0 Å². The molecular formula is C12H19NO2S2. The summed E-state index contributed by atoms with van der Waals surface area (Å²) in [5, 5.41) is 3.53. The second-order valence-corrected chi connectivity index (χ2v) is 8.39. The average molecular weight is 273 g/mol. The smallest absolute Gasteiger partial charge is 0.150 e. The molecule has 1 aromatic rings. The minimum Gasteiger partial charge on any atom is -0.307 e. The highest BCUT2D eigenvalue weighted by Gasteiger charge is 2.24. The largest absolute Gasteiger partial charge is 0.307 e. The van der Waals surface area contributed by atoms with E-state index in [1.165, 1.54) is 9.75 Å². The van der Waals surface area contributed by atoms with E-state index in [9.17, 15) is 8.42 Å². The average Bonchev–Trinajstić information content (AvgIpc) is 2.68. The molecule has 5 heteroatoms. The lowest BCUT2D eigenvalue weighted by atomic mass is 10.1. The Bertz CT molecular complexity index is 464. The summed E-state index contributed by atoms with van der Waals surface area (Å²) in [5.41, 5.74) is 0. The van der Waals surface area contributed by atoms with Crippen LogP contribution in [0.2, 0.25) is 0 Å². The van der Waals surface area contributed by atoms with Crippen LogP contribution in [0.4, 0.5) is 0 Å². The number of rotatable bonds is 3. The molecule has 1 unspecified atom stereocenters. The second kappa shape index (κ2) is 5.08. The first-order chi connectivity index (χ1) is 7.96. The van der Waals surface area contributed by atoms with Gasteiger partial charge in [-0.1, -0.05) is 0 Å². The monoisotopic (exact) mass is 273 g/mol. The maximum Gasteiger partial charge on any atom is 0.150 e. The van der Waals surface area contributed by atoms with Crippen molar-refractivity contribution in [3.63, 3.8) is 0 Å². The fourth-order valence-corrected chi connectivity index (χ4v) is 4.56. The molecule has 2 heterocycles. The van der Waals surface area contributed by atoms with Crippen LogP contribution in [-0.2, 0) is 9.84 Å². The summed E-state index contributed by atoms with van der Waals surface area (Å²) in [6.45, 7) is 4.25. The van der Waals surface area contributed by atoms with E-state index in [-0.39, 0.29) is 0 Å². The van der Waals surface area contributed by atoms with Crippen LogP contribution in [0.25, 0.3) is 0 Å². The van der Waals surface area contributed by atoms with E-state index in [1.54, 1.807) is 11.3 Å². The van der Waals surface area contributed by atoms with Gasteiger partial charge in [-0.05, 0) is 38.8 Å². The Kier molecular flexibility index (Phi) is 3.90. The van der Waals surface area contributed by atoms with Crippen molar-refractivity contribution < 1.29 is 8.42 Å². The molecule has 0 amide bonds. The molecule has 0 bridgehead atoms. The topological polar surface area (TPSA) is 46.2 Å². The van der Waals surface area contributed by atoms with Crippen LogP contribution in [0, 0.1) is 6.92 Å². The fourth-order valence-electron chi connectivity index (χ4n) is 2.18. The van der Waals surface area contributed by atoms with Gasteiger partial charge in [0.25, 0.3) is 0 Å². The maximum absolute atomic E-state index is 11.3. The van der Waals surface area contributed by atoms with Gasteiger partial charge in [0.15, 0.2) is 0 Å². The molecule has 0 spiro atoms. The van der Waals surface area contributed by atoms with Crippen LogP contribution in [0.15, 0.2) is 12.1 Å². The first kappa shape index (κ1) is 13.1. The normalized spacial score (nSPS) is 22.5. The van der Waals surface area contributed by atoms with E-state index in [0.29, 0.717) is 23.6 Å². The summed E-state index contributed by atoms with van der Waals surface area (Å²) in [6.07, 6.45) is 1.49. The summed E-state index contributed by atoms with van der Waals surface area (Å²) in [7, 11) is -2.75. The number of hydrogen-bond acceptors (Lipinski definition) is 4. The van der Waals surface area contributed by atoms with Gasteiger partial charge in [-0.3, -0.25) is 0 Å². The molecular weight excluding hydrogens is 254 g/mol. The minimum absolute atomic E-state index is 0.319. The van der Waals surface area contributed by atoms with E-state index in [1.807, 2.05) is 0 Å². The van der Waals surface area contributed by atoms with Crippen molar-refractivity contribution in [2.75, 3.05) is 11.5 Å². The lowest BCUT2D eigenvalue weighted by molar-refractivity contribution is 0.423. The van der Waals surface area contributed by atoms with E-state index >= 15 is 0 Å². The molecule has 1 atom stereocenters. The molecule has 3 nitrogen and oxygen atoms in total. The molecule has 1 aromatic heterocycles. The molecule has 1 saturated heterocycles. The molecule has 1 aliphatic heterocycles. The summed E-state index contributed by atoms with van der Waals surface area (Å²) in [4.78, 5) is 2.65. The number of aryl methyl sites for hydroxylation is 1. The van der Waals surface area contributed by atoms with Crippen LogP contribution < -0.4 is 5.32 Å². The van der Waals surface area contributed by atoms with Gasteiger partial charge in [0.05, 0.1) is 11.5 Å². The highest BCUT2D eigenvalue weighted by molar-refractivity contribution is 7.91. The molecule has 0 radical (unpaired) electrons. The van der Waals surface area contributed by atoms with Crippen molar-refractivity contribution in [1.29, 1.82) is 0 Å². The van der Waals surface area contributed by atoms with Gasteiger partial charge in [-0.25, -0.2) is 8.42 Å². The first-order valence-electron chi connectivity index (χ1n) is 5.99. The van der Waals surface area contributed by atoms with Gasteiger partial charge in [-0.15, -0.1) is 11.3 Å². The number of thiophene rings is 1. The van der Waals surface area contributed by atoms with Gasteiger partial charge >= 0.3 is 0 Å². The van der Waals surface area contributed by atoms with Gasteiger partial charge in [0.1, 0.15) is 9.84 Å². The van der Waals surface area contributed by atoms with Crippen LogP contribution in [0.1, 0.15) is 35.6 Å². The van der Waals surface area contributed by atoms with E-state index in [0.717, 1.165) is 12.8 Å². The SMILES string of the molecule is Cc1ccc(C(C)NC2CCS(=O)(=O)CC2)s1. The van der Waals surface area contributed by atoms with E-state index in [2.05, 4.69) is 31.3 Å². The lowest BCUT2D eigenvalue weighted by Gasteiger charge is -2.26. The predicted octanol–water partition coefficient (Wildman–Crippen LogP) is 2.28. The van der Waals surface area contributed by atoms with Crippen molar-refractivity contribution in [2.45, 2.75) is 38.8 Å². The van der Waals surface area contributed by atoms with Crippen LogP contribution in [-0.4, -0.2) is 26.0 Å². The Labute approximate surface area is 107 Å². The number of hydrogen-bond donors (Lipinski definition) is 1. The third-order valence-corrected chi connectivity index (χ3v) is 6.13. The van der Waals surface area contributed by atoms with Crippen LogP contribution in [0.3, 0.4) is 0 Å². The third-order valence-electron chi connectivity index (χ3n) is 3.23. The number of nitrogens with one attached hydrogen (secondary N) is 1. The molecule has 2 rings (SSSR count). The van der Waals surface area contributed by atoms with Gasteiger partial charge in [-0.2, -0.15) is 0 Å². The Morgan fingerprint density at radius 1 is 1.35 bits per heavy atom. The molecule has 1 aliphatic rings. The molecule has 17 heavy (non-hydrogen) atoms. The molecule has 96 valence electrons. The molecule has 0 aliphatic carbocycles. The second-order valence-electron chi connectivity index (χ2n) is 4.76. The van der Waals surface area contributed by atoms with Crippen molar-refractivity contribution in [1.82, 2.24) is 5.32 Å². The Hall–Kier alpha value is -0.390. The molecule has 1 N–H and O–H groups in total. The first-order valence-corrected chi connectivity index (χ1v) is 8.63. The van der Waals surface area contributed by atoms with Crippen molar-refractivity contribution in [3.05, 3.63) is 21.9 Å². The van der Waals surface area contributed by atoms with Gasteiger partial charge in [0.2, 0.25) is 0 Å². The summed E-state index contributed by atoms with van der Waals surface area (Å²) < 4.78 is 22.7. The zero-order valence-electron chi connectivity index (χ0n) is 10.3. The Balaban J connectivity index is 1.90. The predicted molar refractivity (Wildman–Crippen MR) is 72.3 cm³/mol. The molecule has 0 saturated carbocycles. The zero-order valence-corrected chi connectivity index (χ0v) is 11.9. The third kappa shape index (κ3) is 3.53. The zero-order chi connectivity index (χ0) is 12.5. The van der Waals surface area contributed by atoms with Crippen LogP contribution >= 0.6 is 11.3 Å². The highest BCUT2D eigenvalue weighted by atomic mass is 32.2. The standard InChI is InChI=1S/C12H19NO2S2/c1-9-3-4-12(16-9)10(2)13-11-5-7-17(14,15)8-6-11/h3-4,10-11,13H,5-8H2,1-2H3. The number of sulfone groups is 1. The molecule has 0 aromatic carbocycles. The summed E-state index contributed by atoms with van der Waals surface area (Å²) in [5.74, 6) is 0.668. The lowest BCUT2D eigenvalue weighted by Crippen LogP contribution is -2.38. The van der Waals surface area contributed by atoms with Crippen molar-refractivity contribution >= 4 is 21.2 Å².